The number of rotatable bonds is 1. The quantitative estimate of drug-likeness (QED) is 0.526. The van der Waals surface area contributed by atoms with Gasteiger partial charge in [0.05, 0.1) is 5.70 Å². The van der Waals surface area contributed by atoms with Gasteiger partial charge in [-0.3, -0.25) is 15.1 Å². The smallest absolute Gasteiger partial charge is 0.276 e. The molecular formula is C10H12N2O2S. The van der Waals surface area contributed by atoms with Gasteiger partial charge in [-0.05, 0) is 25.5 Å². The first kappa shape index (κ1) is 10.3. The molecule has 1 amide bonds. The Morgan fingerprint density at radius 3 is 3.00 bits per heavy atom. The summed E-state index contributed by atoms with van der Waals surface area (Å²) < 4.78 is 0. The van der Waals surface area contributed by atoms with Crippen LogP contribution in [0.3, 0.4) is 0 Å². The number of amides is 1. The highest BCUT2D eigenvalue weighted by atomic mass is 32.2. The van der Waals surface area contributed by atoms with E-state index in [0.29, 0.717) is 5.70 Å². The Bertz CT molecular complexity index is 412. The largest absolute Gasteiger partial charge is 0.506 e. The number of nitrogens with one attached hydrogen (secondary N) is 1. The Kier molecular flexibility index (Phi) is 2.34. The van der Waals surface area contributed by atoms with Crippen molar-refractivity contribution in [3.63, 3.8) is 0 Å². The molecule has 0 radical (unpaired) electrons. The third-order valence-corrected chi connectivity index (χ3v) is 3.91. The number of nitrogens with zero attached hydrogens (tertiary/aromatic N) is 1. The Morgan fingerprint density at radius 1 is 1.73 bits per heavy atom. The minimum Gasteiger partial charge on any atom is -0.506 e. The standard InChI is InChI=1S/C10H12N2O2S/c1-3-6(13)8-5(2)4-15-10-7(11)9(14)12(8)10/h3,10-11,13H,4H2,1-2H3/b6-3-,11-7?. The van der Waals surface area contributed by atoms with Crippen molar-refractivity contribution in [3.8, 4) is 0 Å². The van der Waals surface area contributed by atoms with Gasteiger partial charge in [0.1, 0.15) is 16.8 Å². The molecule has 0 aromatic carbocycles. The summed E-state index contributed by atoms with van der Waals surface area (Å²) in [5, 5.41) is 17.0. The Hall–Kier alpha value is -1.23. The molecule has 5 heteroatoms. The average Bonchev–Trinajstić information content (AvgIpc) is 2.26. The molecule has 15 heavy (non-hydrogen) atoms. The van der Waals surface area contributed by atoms with Gasteiger partial charge in [-0.1, -0.05) is 0 Å². The number of carbonyl (C=O) groups excluding carboxylic acids is 1. The fraction of sp³-hybridized carbons (Fsp3) is 0.400. The van der Waals surface area contributed by atoms with E-state index < -0.39 is 0 Å². The first-order chi connectivity index (χ1) is 7.07. The van der Waals surface area contributed by atoms with Crippen molar-refractivity contribution in [2.45, 2.75) is 19.2 Å². The first-order valence-electron chi connectivity index (χ1n) is 4.67. The predicted molar refractivity (Wildman–Crippen MR) is 59.9 cm³/mol. The molecule has 2 N–H and O–H groups in total. The summed E-state index contributed by atoms with van der Waals surface area (Å²) >= 11 is 1.55. The number of allylic oxidation sites excluding steroid dienone is 1. The zero-order valence-electron chi connectivity index (χ0n) is 8.57. The highest BCUT2D eigenvalue weighted by Crippen LogP contribution is 2.39. The van der Waals surface area contributed by atoms with Gasteiger partial charge in [-0.15, -0.1) is 11.8 Å². The summed E-state index contributed by atoms with van der Waals surface area (Å²) in [6, 6.07) is 0. The van der Waals surface area contributed by atoms with Gasteiger partial charge >= 0.3 is 0 Å². The summed E-state index contributed by atoms with van der Waals surface area (Å²) in [6.07, 6.45) is 1.57. The third kappa shape index (κ3) is 1.30. The minimum absolute atomic E-state index is 0.124. The van der Waals surface area contributed by atoms with Crippen LogP contribution in [0.5, 0.6) is 0 Å². The number of carbonyl (C=O) groups is 1. The van der Waals surface area contributed by atoms with Crippen molar-refractivity contribution in [3.05, 3.63) is 23.1 Å². The van der Waals surface area contributed by atoms with Crippen LogP contribution in [0.2, 0.25) is 0 Å². The summed E-state index contributed by atoms with van der Waals surface area (Å²) in [6.45, 7) is 3.62. The van der Waals surface area contributed by atoms with Gasteiger partial charge in [0.25, 0.3) is 5.91 Å². The maximum atomic E-state index is 11.5. The van der Waals surface area contributed by atoms with E-state index in [2.05, 4.69) is 0 Å². The van der Waals surface area contributed by atoms with E-state index in [1.807, 2.05) is 6.92 Å². The van der Waals surface area contributed by atoms with E-state index in [-0.39, 0.29) is 22.8 Å². The molecule has 1 fully saturated rings. The van der Waals surface area contributed by atoms with E-state index in [9.17, 15) is 9.90 Å². The van der Waals surface area contributed by atoms with Crippen molar-refractivity contribution < 1.29 is 9.90 Å². The van der Waals surface area contributed by atoms with Gasteiger partial charge < -0.3 is 5.11 Å². The Morgan fingerprint density at radius 2 is 2.40 bits per heavy atom. The summed E-state index contributed by atoms with van der Waals surface area (Å²) in [5.41, 5.74) is 1.70. The highest BCUT2D eigenvalue weighted by Gasteiger charge is 2.48. The zero-order valence-corrected chi connectivity index (χ0v) is 9.39. The molecule has 2 aliphatic rings. The molecular weight excluding hydrogens is 212 g/mol. The van der Waals surface area contributed by atoms with Crippen molar-refractivity contribution in [1.82, 2.24) is 4.90 Å². The third-order valence-electron chi connectivity index (χ3n) is 2.55. The van der Waals surface area contributed by atoms with Crippen LogP contribution in [0.1, 0.15) is 13.8 Å². The molecule has 1 saturated heterocycles. The monoisotopic (exact) mass is 224 g/mol. The van der Waals surface area contributed by atoms with E-state index in [0.717, 1.165) is 11.3 Å². The molecule has 4 nitrogen and oxygen atoms in total. The molecule has 1 unspecified atom stereocenters. The molecule has 0 aliphatic carbocycles. The predicted octanol–water partition coefficient (Wildman–Crippen LogP) is 1.66. The Balaban J connectivity index is 2.42. The maximum absolute atomic E-state index is 11.5. The molecule has 0 aromatic rings. The number of thioether (sulfide) groups is 1. The van der Waals surface area contributed by atoms with E-state index >= 15 is 0 Å². The number of hydrogen-bond donors (Lipinski definition) is 2. The molecule has 0 saturated carbocycles. The van der Waals surface area contributed by atoms with Gasteiger partial charge in [-0.2, -0.15) is 0 Å². The van der Waals surface area contributed by atoms with Gasteiger partial charge in [-0.25, -0.2) is 0 Å². The molecule has 80 valence electrons. The minimum atomic E-state index is -0.296. The fourth-order valence-corrected chi connectivity index (χ4v) is 2.90. The molecule has 2 rings (SSSR count). The van der Waals surface area contributed by atoms with Crippen LogP contribution >= 0.6 is 11.8 Å². The number of aliphatic hydroxyl groups is 1. The molecule has 2 aliphatic heterocycles. The van der Waals surface area contributed by atoms with Crippen LogP contribution in [-0.2, 0) is 4.79 Å². The fourth-order valence-electron chi connectivity index (χ4n) is 1.74. The molecule has 0 spiro atoms. The van der Waals surface area contributed by atoms with Crippen LogP contribution in [0.25, 0.3) is 0 Å². The molecule has 1 atom stereocenters. The SMILES string of the molecule is C/C=C(\O)C1=C(C)CSC2C(=N)C(=O)N12. The van der Waals surface area contributed by atoms with Gasteiger partial charge in [0.15, 0.2) is 0 Å². The van der Waals surface area contributed by atoms with Crippen LogP contribution < -0.4 is 0 Å². The number of β-lactam (4-membered cyclic amide) rings is 1. The number of fused-ring (bicyclic) bond motifs is 1. The second-order valence-corrected chi connectivity index (χ2v) is 4.62. The van der Waals surface area contributed by atoms with E-state index in [4.69, 9.17) is 5.41 Å². The van der Waals surface area contributed by atoms with Crippen LogP contribution in [0, 0.1) is 5.41 Å². The summed E-state index contributed by atoms with van der Waals surface area (Å²) in [7, 11) is 0. The van der Waals surface area contributed by atoms with E-state index in [1.165, 1.54) is 4.90 Å². The maximum Gasteiger partial charge on any atom is 0.276 e. The van der Waals surface area contributed by atoms with Crippen LogP contribution in [0.4, 0.5) is 0 Å². The van der Waals surface area contributed by atoms with E-state index in [1.54, 1.807) is 24.8 Å². The summed E-state index contributed by atoms with van der Waals surface area (Å²) in [5.74, 6) is 0.581. The lowest BCUT2D eigenvalue weighted by Crippen LogP contribution is -2.60. The summed E-state index contributed by atoms with van der Waals surface area (Å²) in [4.78, 5) is 13.0. The lowest BCUT2D eigenvalue weighted by molar-refractivity contribution is -0.126. The van der Waals surface area contributed by atoms with Crippen molar-refractivity contribution >= 4 is 23.4 Å². The second kappa shape index (κ2) is 3.41. The number of hydrogen-bond acceptors (Lipinski definition) is 4. The average molecular weight is 224 g/mol. The van der Waals surface area contributed by atoms with Crippen molar-refractivity contribution in [2.24, 2.45) is 0 Å². The lowest BCUT2D eigenvalue weighted by atomic mass is 10.1. The second-order valence-electron chi connectivity index (χ2n) is 3.56. The van der Waals surface area contributed by atoms with Crippen molar-refractivity contribution in [1.29, 1.82) is 5.41 Å². The van der Waals surface area contributed by atoms with Crippen LogP contribution in [0.15, 0.2) is 23.1 Å². The first-order valence-corrected chi connectivity index (χ1v) is 5.71. The normalized spacial score (nSPS) is 26.7. The molecule has 0 bridgehead atoms. The highest BCUT2D eigenvalue weighted by molar-refractivity contribution is 8.01. The molecule has 0 aromatic heterocycles. The number of aliphatic hydroxyl groups excluding tert-OH is 1. The zero-order chi connectivity index (χ0) is 11.2. The van der Waals surface area contributed by atoms with Crippen LogP contribution in [-0.4, -0.2) is 32.8 Å². The topological polar surface area (TPSA) is 64.4 Å². The molecule has 2 heterocycles. The van der Waals surface area contributed by atoms with Gasteiger partial charge in [0, 0.05) is 5.75 Å². The Labute approximate surface area is 92.2 Å². The lowest BCUT2D eigenvalue weighted by Gasteiger charge is -2.44. The van der Waals surface area contributed by atoms with Gasteiger partial charge in [0.2, 0.25) is 0 Å². The van der Waals surface area contributed by atoms with Crippen molar-refractivity contribution in [2.75, 3.05) is 5.75 Å².